The first-order valence-electron chi connectivity index (χ1n) is 9.91. The van der Waals surface area contributed by atoms with Crippen LogP contribution < -0.4 is 10.1 Å². The molecule has 4 heterocycles. The lowest BCUT2D eigenvalue weighted by Crippen LogP contribution is -2.32. The van der Waals surface area contributed by atoms with E-state index in [1.54, 1.807) is 10.9 Å². The average molecular weight is 429 g/mol. The average Bonchev–Trinajstić information content (AvgIpc) is 3.26. The van der Waals surface area contributed by atoms with Crippen molar-refractivity contribution >= 4 is 23.2 Å². The molecule has 0 bridgehead atoms. The maximum atomic E-state index is 6.58. The summed E-state index contributed by atoms with van der Waals surface area (Å²) in [5.74, 6) is 1.32. The van der Waals surface area contributed by atoms with Crippen LogP contribution in [0, 0.1) is 6.92 Å². The number of halogens is 1. The van der Waals surface area contributed by atoms with Gasteiger partial charge in [0.2, 0.25) is 5.95 Å². The molecule has 0 saturated heterocycles. The van der Waals surface area contributed by atoms with Gasteiger partial charge in [0, 0.05) is 28.6 Å². The predicted molar refractivity (Wildman–Crippen MR) is 117 cm³/mol. The molecule has 6 rings (SSSR count). The highest BCUT2D eigenvalue weighted by atomic mass is 35.5. The molecule has 1 N–H and O–H groups in total. The number of rotatable bonds is 2. The summed E-state index contributed by atoms with van der Waals surface area (Å²) >= 11 is 6.35. The minimum absolute atomic E-state index is 0.285. The van der Waals surface area contributed by atoms with Gasteiger partial charge in [-0.3, -0.25) is 4.98 Å². The van der Waals surface area contributed by atoms with Crippen molar-refractivity contribution < 1.29 is 4.74 Å². The molecule has 0 fully saturated rings. The molecule has 0 spiro atoms. The third kappa shape index (κ3) is 2.89. The van der Waals surface area contributed by atoms with E-state index in [9.17, 15) is 0 Å². The van der Waals surface area contributed by atoms with Crippen LogP contribution in [0.4, 0.5) is 5.95 Å². The maximum Gasteiger partial charge on any atom is 0.248 e. The van der Waals surface area contributed by atoms with Gasteiger partial charge in [0.15, 0.2) is 0 Å². The van der Waals surface area contributed by atoms with Gasteiger partial charge >= 0.3 is 0 Å². The van der Waals surface area contributed by atoms with Gasteiger partial charge in [-0.1, -0.05) is 52.6 Å². The molecule has 8 heteroatoms. The number of aryl methyl sites for hydroxylation is 1. The summed E-state index contributed by atoms with van der Waals surface area (Å²) in [6, 6.07) is 17.7. The number of ether oxygens (including phenoxy) is 1. The largest absolute Gasteiger partial charge is 0.480 e. The van der Waals surface area contributed by atoms with Crippen molar-refractivity contribution in [3.63, 3.8) is 0 Å². The highest BCUT2D eigenvalue weighted by molar-refractivity contribution is 6.30. The second-order valence-corrected chi connectivity index (χ2v) is 8.08. The molecule has 0 aliphatic carbocycles. The predicted octanol–water partition coefficient (Wildman–Crippen LogP) is 4.59. The van der Waals surface area contributed by atoms with Gasteiger partial charge in [0.1, 0.15) is 17.9 Å². The Morgan fingerprint density at radius 3 is 2.81 bits per heavy atom. The number of fused-ring (bicyclic) bond motifs is 3. The Morgan fingerprint density at radius 1 is 1.06 bits per heavy atom. The SMILES string of the molecule is Cc1cccc([C@@H]2Oc3ccc(Cl)cc3C3=C2[C@H](c2cccnc2)n2nnnc2N3)c1. The maximum absolute atomic E-state index is 6.58. The van der Waals surface area contributed by atoms with Crippen LogP contribution in [0.1, 0.15) is 34.4 Å². The first-order chi connectivity index (χ1) is 15.2. The number of benzene rings is 2. The molecule has 31 heavy (non-hydrogen) atoms. The highest BCUT2D eigenvalue weighted by Crippen LogP contribution is 2.50. The molecule has 0 saturated carbocycles. The summed E-state index contributed by atoms with van der Waals surface area (Å²) in [7, 11) is 0. The van der Waals surface area contributed by atoms with E-state index in [0.717, 1.165) is 39.3 Å². The number of hydrogen-bond donors (Lipinski definition) is 1. The smallest absolute Gasteiger partial charge is 0.248 e. The van der Waals surface area contributed by atoms with Gasteiger partial charge in [-0.25, -0.2) is 0 Å². The number of aromatic nitrogens is 5. The molecule has 4 aromatic rings. The van der Waals surface area contributed by atoms with Gasteiger partial charge in [0.25, 0.3) is 0 Å². The molecule has 2 aliphatic heterocycles. The fraction of sp³-hybridized carbons (Fsp3) is 0.130. The first-order valence-corrected chi connectivity index (χ1v) is 10.3. The van der Waals surface area contributed by atoms with E-state index in [0.29, 0.717) is 11.0 Å². The number of nitrogens with one attached hydrogen (secondary N) is 1. The van der Waals surface area contributed by atoms with E-state index in [1.165, 1.54) is 0 Å². The highest BCUT2D eigenvalue weighted by Gasteiger charge is 2.41. The summed E-state index contributed by atoms with van der Waals surface area (Å²) in [6.07, 6.45) is 3.26. The third-order valence-electron chi connectivity index (χ3n) is 5.64. The number of tetrazole rings is 1. The molecule has 0 unspecified atom stereocenters. The van der Waals surface area contributed by atoms with Crippen LogP contribution in [0.5, 0.6) is 5.75 Å². The Hall–Kier alpha value is -3.71. The Balaban J connectivity index is 1.65. The van der Waals surface area contributed by atoms with Crippen molar-refractivity contribution in [3.05, 3.63) is 99.8 Å². The van der Waals surface area contributed by atoms with E-state index >= 15 is 0 Å². The normalized spacial score (nSPS) is 19.0. The van der Waals surface area contributed by atoms with Crippen LogP contribution in [0.25, 0.3) is 5.70 Å². The van der Waals surface area contributed by atoms with Crippen molar-refractivity contribution in [2.24, 2.45) is 0 Å². The van der Waals surface area contributed by atoms with Crippen molar-refractivity contribution in [1.29, 1.82) is 0 Å². The van der Waals surface area contributed by atoms with E-state index in [-0.39, 0.29) is 12.1 Å². The number of nitrogens with zero attached hydrogens (tertiary/aromatic N) is 5. The third-order valence-corrected chi connectivity index (χ3v) is 5.88. The monoisotopic (exact) mass is 428 g/mol. The summed E-state index contributed by atoms with van der Waals surface area (Å²) in [6.45, 7) is 2.08. The van der Waals surface area contributed by atoms with Crippen LogP contribution in [0.3, 0.4) is 0 Å². The van der Waals surface area contributed by atoms with E-state index in [1.807, 2.05) is 42.6 Å². The standard InChI is InChI=1S/C23H17ClN6O/c1-13-4-2-5-14(10-13)22-19-20(17-11-16(24)7-8-18(17)31-22)26-23-27-28-29-30(23)21(19)15-6-3-9-25-12-15/h2-12,21-22H,1H3,(H,26,27,29)/t21-,22-/m0/s1. The van der Waals surface area contributed by atoms with Crippen LogP contribution >= 0.6 is 11.6 Å². The zero-order valence-electron chi connectivity index (χ0n) is 16.5. The Morgan fingerprint density at radius 2 is 1.97 bits per heavy atom. The summed E-state index contributed by atoms with van der Waals surface area (Å²) in [5, 5.41) is 16.4. The molecule has 7 nitrogen and oxygen atoms in total. The molecule has 2 aliphatic rings. The Labute approximate surface area is 183 Å². The quantitative estimate of drug-likeness (QED) is 0.503. The van der Waals surface area contributed by atoms with Crippen molar-refractivity contribution in [2.45, 2.75) is 19.1 Å². The van der Waals surface area contributed by atoms with Gasteiger partial charge in [-0.2, -0.15) is 4.68 Å². The molecular weight excluding hydrogens is 412 g/mol. The van der Waals surface area contributed by atoms with Crippen LogP contribution in [-0.4, -0.2) is 25.2 Å². The summed E-state index contributed by atoms with van der Waals surface area (Å²) < 4.78 is 8.36. The molecule has 0 amide bonds. The van der Waals surface area contributed by atoms with Gasteiger partial charge in [0.05, 0.1) is 5.70 Å². The van der Waals surface area contributed by atoms with Gasteiger partial charge < -0.3 is 10.1 Å². The lowest BCUT2D eigenvalue weighted by atomic mass is 9.85. The number of pyridine rings is 1. The fourth-order valence-electron chi connectivity index (χ4n) is 4.33. The minimum Gasteiger partial charge on any atom is -0.480 e. The molecule has 2 atom stereocenters. The summed E-state index contributed by atoms with van der Waals surface area (Å²) in [4.78, 5) is 4.34. The Bertz CT molecular complexity index is 1330. The lowest BCUT2D eigenvalue weighted by Gasteiger charge is -2.38. The van der Waals surface area contributed by atoms with Crippen LogP contribution in [0.15, 0.2) is 72.6 Å². The Kier molecular flexibility index (Phi) is 4.04. The van der Waals surface area contributed by atoms with E-state index in [4.69, 9.17) is 16.3 Å². The zero-order chi connectivity index (χ0) is 20.9. The van der Waals surface area contributed by atoms with Gasteiger partial charge in [-0.15, -0.1) is 0 Å². The molecule has 2 aromatic heterocycles. The number of hydrogen-bond acceptors (Lipinski definition) is 6. The topological polar surface area (TPSA) is 77.8 Å². The molecular formula is C23H17ClN6O. The van der Waals surface area contributed by atoms with E-state index < -0.39 is 0 Å². The zero-order valence-corrected chi connectivity index (χ0v) is 17.3. The van der Waals surface area contributed by atoms with Crippen molar-refractivity contribution in [1.82, 2.24) is 25.2 Å². The number of anilines is 1. The van der Waals surface area contributed by atoms with Gasteiger partial charge in [-0.05, 0) is 52.7 Å². The molecule has 2 aromatic carbocycles. The summed E-state index contributed by atoms with van der Waals surface area (Å²) in [5.41, 5.74) is 5.99. The van der Waals surface area contributed by atoms with Crippen molar-refractivity contribution in [2.75, 3.05) is 5.32 Å². The lowest BCUT2D eigenvalue weighted by molar-refractivity contribution is 0.222. The second-order valence-electron chi connectivity index (χ2n) is 7.64. The van der Waals surface area contributed by atoms with Crippen molar-refractivity contribution in [3.8, 4) is 5.75 Å². The molecule has 0 radical (unpaired) electrons. The van der Waals surface area contributed by atoms with Crippen LogP contribution in [0.2, 0.25) is 5.02 Å². The first kappa shape index (κ1) is 18.1. The van der Waals surface area contributed by atoms with Crippen LogP contribution in [-0.2, 0) is 0 Å². The second kappa shape index (κ2) is 6.92. The molecule has 152 valence electrons. The minimum atomic E-state index is -0.335. The fourth-order valence-corrected chi connectivity index (χ4v) is 4.50. The van der Waals surface area contributed by atoms with E-state index in [2.05, 4.69) is 50.9 Å².